The molecule has 0 fully saturated rings. The summed E-state index contributed by atoms with van der Waals surface area (Å²) in [6.45, 7) is 5.29. The summed E-state index contributed by atoms with van der Waals surface area (Å²) in [7, 11) is 0. The topological polar surface area (TPSA) is 58.3 Å². The Morgan fingerprint density at radius 1 is 1.44 bits per heavy atom. The maximum absolute atomic E-state index is 8.88. The van der Waals surface area contributed by atoms with E-state index in [-0.39, 0.29) is 6.61 Å². The van der Waals surface area contributed by atoms with Gasteiger partial charge in [-0.25, -0.2) is 0 Å². The van der Waals surface area contributed by atoms with Crippen LogP contribution in [0.25, 0.3) is 0 Å². The summed E-state index contributed by atoms with van der Waals surface area (Å²) in [4.78, 5) is 0. The number of nitrogens with one attached hydrogen (secondary N) is 1. The number of nitrogen functional groups attached to an aromatic ring is 1. The third-order valence-corrected chi connectivity index (χ3v) is 2.78. The Morgan fingerprint density at radius 3 is 2.81 bits per heavy atom. The van der Waals surface area contributed by atoms with Gasteiger partial charge in [0.15, 0.2) is 0 Å². The summed E-state index contributed by atoms with van der Waals surface area (Å²) < 4.78 is 0. The van der Waals surface area contributed by atoms with E-state index in [1.54, 1.807) is 0 Å². The van der Waals surface area contributed by atoms with Crippen LogP contribution in [0.4, 0.5) is 11.4 Å². The third kappa shape index (κ3) is 4.11. The van der Waals surface area contributed by atoms with Gasteiger partial charge in [0.05, 0.1) is 0 Å². The molecule has 90 valence electrons. The van der Waals surface area contributed by atoms with Crippen LogP contribution in [-0.4, -0.2) is 18.3 Å². The molecule has 0 radical (unpaired) electrons. The summed E-state index contributed by atoms with van der Waals surface area (Å²) in [5, 5.41) is 12.2. The van der Waals surface area contributed by atoms with Gasteiger partial charge in [-0.05, 0) is 49.4 Å². The van der Waals surface area contributed by atoms with Crippen molar-refractivity contribution in [1.82, 2.24) is 0 Å². The van der Waals surface area contributed by atoms with Crippen LogP contribution >= 0.6 is 0 Å². The zero-order valence-electron chi connectivity index (χ0n) is 10.2. The molecular weight excluding hydrogens is 200 g/mol. The van der Waals surface area contributed by atoms with E-state index in [9.17, 15) is 0 Å². The summed E-state index contributed by atoms with van der Waals surface area (Å²) in [6.07, 6.45) is 2.13. The maximum Gasteiger partial charge on any atom is 0.0456 e. The Bertz CT molecular complexity index is 326. The Hall–Kier alpha value is -1.22. The van der Waals surface area contributed by atoms with Crippen LogP contribution in [0.2, 0.25) is 0 Å². The maximum atomic E-state index is 8.88. The molecule has 0 heterocycles. The van der Waals surface area contributed by atoms with E-state index in [0.29, 0.717) is 5.92 Å². The first kappa shape index (κ1) is 12.8. The molecule has 0 saturated carbocycles. The van der Waals surface area contributed by atoms with Gasteiger partial charge < -0.3 is 16.2 Å². The lowest BCUT2D eigenvalue weighted by molar-refractivity contribution is 0.229. The van der Waals surface area contributed by atoms with Gasteiger partial charge in [0.25, 0.3) is 0 Å². The Kier molecular flexibility index (Phi) is 5.12. The Labute approximate surface area is 97.7 Å². The SMILES string of the molecule is Cc1cc(NCCCC(C)CO)ccc1N. The zero-order chi connectivity index (χ0) is 12.0. The number of hydrogen-bond donors (Lipinski definition) is 3. The average molecular weight is 222 g/mol. The molecule has 3 nitrogen and oxygen atoms in total. The van der Waals surface area contributed by atoms with Crippen molar-refractivity contribution in [3.8, 4) is 0 Å². The monoisotopic (exact) mass is 222 g/mol. The highest BCUT2D eigenvalue weighted by Crippen LogP contribution is 2.16. The molecule has 1 aromatic carbocycles. The van der Waals surface area contributed by atoms with E-state index < -0.39 is 0 Å². The van der Waals surface area contributed by atoms with Gasteiger partial charge in [-0.1, -0.05) is 6.92 Å². The van der Waals surface area contributed by atoms with Crippen molar-refractivity contribution in [3.63, 3.8) is 0 Å². The number of hydrogen-bond acceptors (Lipinski definition) is 3. The van der Waals surface area contributed by atoms with Crippen LogP contribution in [0.1, 0.15) is 25.3 Å². The van der Waals surface area contributed by atoms with Gasteiger partial charge >= 0.3 is 0 Å². The fourth-order valence-electron chi connectivity index (χ4n) is 1.56. The molecule has 0 aliphatic heterocycles. The molecule has 4 N–H and O–H groups in total. The van der Waals surface area contributed by atoms with Gasteiger partial charge in [0.2, 0.25) is 0 Å². The largest absolute Gasteiger partial charge is 0.399 e. The summed E-state index contributed by atoms with van der Waals surface area (Å²) in [5.74, 6) is 0.398. The number of rotatable bonds is 6. The first-order chi connectivity index (χ1) is 7.63. The summed E-state index contributed by atoms with van der Waals surface area (Å²) in [6, 6.07) is 5.98. The van der Waals surface area contributed by atoms with E-state index in [1.807, 2.05) is 19.1 Å². The van der Waals surface area contributed by atoms with Crippen LogP contribution in [-0.2, 0) is 0 Å². The third-order valence-electron chi connectivity index (χ3n) is 2.78. The van der Waals surface area contributed by atoms with E-state index in [4.69, 9.17) is 10.8 Å². The molecule has 0 aromatic heterocycles. The van der Waals surface area contributed by atoms with Crippen LogP contribution in [0.3, 0.4) is 0 Å². The van der Waals surface area contributed by atoms with Crippen molar-refractivity contribution in [2.24, 2.45) is 5.92 Å². The number of anilines is 2. The Morgan fingerprint density at radius 2 is 2.19 bits per heavy atom. The highest BCUT2D eigenvalue weighted by molar-refractivity contribution is 5.56. The average Bonchev–Trinajstić information content (AvgIpc) is 2.28. The molecule has 1 atom stereocenters. The van der Waals surface area contributed by atoms with Crippen molar-refractivity contribution in [2.45, 2.75) is 26.7 Å². The van der Waals surface area contributed by atoms with E-state index in [1.165, 1.54) is 0 Å². The lowest BCUT2D eigenvalue weighted by Crippen LogP contribution is -2.06. The number of aliphatic hydroxyl groups excluding tert-OH is 1. The van der Waals surface area contributed by atoms with Gasteiger partial charge in [0, 0.05) is 24.5 Å². The van der Waals surface area contributed by atoms with Crippen LogP contribution in [0.15, 0.2) is 18.2 Å². The molecule has 0 bridgehead atoms. The predicted molar refractivity (Wildman–Crippen MR) is 69.6 cm³/mol. The summed E-state index contributed by atoms with van der Waals surface area (Å²) >= 11 is 0. The quantitative estimate of drug-likeness (QED) is 0.511. The van der Waals surface area contributed by atoms with Gasteiger partial charge in [-0.3, -0.25) is 0 Å². The first-order valence-corrected chi connectivity index (χ1v) is 5.84. The molecule has 0 amide bonds. The number of aliphatic hydroxyl groups is 1. The van der Waals surface area contributed by atoms with E-state index in [2.05, 4.69) is 18.3 Å². The zero-order valence-corrected chi connectivity index (χ0v) is 10.2. The van der Waals surface area contributed by atoms with Crippen molar-refractivity contribution >= 4 is 11.4 Å². The fourth-order valence-corrected chi connectivity index (χ4v) is 1.56. The first-order valence-electron chi connectivity index (χ1n) is 5.84. The summed E-state index contributed by atoms with van der Waals surface area (Å²) in [5.41, 5.74) is 8.80. The molecule has 0 saturated heterocycles. The molecule has 16 heavy (non-hydrogen) atoms. The second-order valence-corrected chi connectivity index (χ2v) is 4.43. The number of benzene rings is 1. The van der Waals surface area contributed by atoms with Crippen molar-refractivity contribution in [1.29, 1.82) is 0 Å². The number of nitrogens with two attached hydrogens (primary N) is 1. The molecule has 1 unspecified atom stereocenters. The van der Waals surface area contributed by atoms with Gasteiger partial charge in [-0.15, -0.1) is 0 Å². The minimum Gasteiger partial charge on any atom is -0.399 e. The van der Waals surface area contributed by atoms with Crippen molar-refractivity contribution in [2.75, 3.05) is 24.2 Å². The molecular formula is C13H22N2O. The lowest BCUT2D eigenvalue weighted by atomic mass is 10.1. The molecule has 0 aliphatic carbocycles. The molecule has 0 spiro atoms. The van der Waals surface area contributed by atoms with Crippen molar-refractivity contribution in [3.05, 3.63) is 23.8 Å². The highest BCUT2D eigenvalue weighted by Gasteiger charge is 2.00. The predicted octanol–water partition coefficient (Wildman–Crippen LogP) is 2.40. The highest BCUT2D eigenvalue weighted by atomic mass is 16.3. The standard InChI is InChI=1S/C13H22N2O/c1-10(9-16)4-3-7-15-12-5-6-13(14)11(2)8-12/h5-6,8,10,15-16H,3-4,7,9,14H2,1-2H3. The molecule has 3 heteroatoms. The Balaban J connectivity index is 2.29. The van der Waals surface area contributed by atoms with Crippen LogP contribution in [0.5, 0.6) is 0 Å². The second-order valence-electron chi connectivity index (χ2n) is 4.43. The van der Waals surface area contributed by atoms with Crippen LogP contribution in [0, 0.1) is 12.8 Å². The molecule has 1 aromatic rings. The molecule has 0 aliphatic rings. The van der Waals surface area contributed by atoms with Gasteiger partial charge in [-0.2, -0.15) is 0 Å². The lowest BCUT2D eigenvalue weighted by Gasteiger charge is -2.10. The normalized spacial score (nSPS) is 12.4. The van der Waals surface area contributed by atoms with Crippen molar-refractivity contribution < 1.29 is 5.11 Å². The minimum absolute atomic E-state index is 0.279. The second kappa shape index (κ2) is 6.38. The molecule has 1 rings (SSSR count). The van der Waals surface area contributed by atoms with Crippen LogP contribution < -0.4 is 11.1 Å². The minimum atomic E-state index is 0.279. The van der Waals surface area contributed by atoms with E-state index in [0.717, 1.165) is 36.3 Å². The van der Waals surface area contributed by atoms with E-state index >= 15 is 0 Å². The number of aryl methyl sites for hydroxylation is 1. The smallest absolute Gasteiger partial charge is 0.0456 e. The van der Waals surface area contributed by atoms with Gasteiger partial charge in [0.1, 0.15) is 0 Å². The fraction of sp³-hybridized carbons (Fsp3) is 0.538.